The molecule has 0 aliphatic carbocycles. The molecule has 1 atom stereocenters. The Labute approximate surface area is 260 Å². The van der Waals surface area contributed by atoms with Gasteiger partial charge >= 0.3 is 0 Å². The molecule has 1 N–H and O–H groups in total. The van der Waals surface area contributed by atoms with Crippen molar-refractivity contribution in [2.45, 2.75) is 152 Å². The highest BCUT2D eigenvalue weighted by Crippen LogP contribution is 2.25. The first-order valence-corrected chi connectivity index (χ1v) is 18.7. The highest BCUT2D eigenvalue weighted by atomic mass is 32.2. The number of aliphatic hydroxyl groups excluding tert-OH is 1. The molecule has 3 nitrogen and oxygen atoms in total. The Hall–Kier alpha value is -1.91. The van der Waals surface area contributed by atoms with Crippen LogP contribution in [0.4, 0.5) is 0 Å². The van der Waals surface area contributed by atoms with E-state index in [2.05, 4.69) is 55.5 Å². The average Bonchev–Trinajstić information content (AvgIpc) is 3.00. The van der Waals surface area contributed by atoms with E-state index in [9.17, 15) is 8.42 Å². The zero-order chi connectivity index (χ0) is 30.4. The summed E-state index contributed by atoms with van der Waals surface area (Å²) in [6, 6.07) is 9.03. The Morgan fingerprint density at radius 2 is 1.00 bits per heavy atom. The van der Waals surface area contributed by atoms with E-state index in [-0.39, 0.29) is 5.25 Å². The van der Waals surface area contributed by atoms with E-state index in [1.165, 1.54) is 57.8 Å². The van der Waals surface area contributed by atoms with Crippen molar-refractivity contribution in [3.8, 4) is 0 Å². The van der Waals surface area contributed by atoms with Crippen molar-refractivity contribution in [1.82, 2.24) is 0 Å². The molecule has 0 radical (unpaired) electrons. The summed E-state index contributed by atoms with van der Waals surface area (Å²) in [5, 5.41) is 8.59. The maximum Gasteiger partial charge on any atom is 0.181 e. The molecule has 0 aromatic heterocycles. The lowest BCUT2D eigenvalue weighted by Gasteiger charge is -2.18. The number of allylic oxidation sites excluding steroid dienone is 8. The van der Waals surface area contributed by atoms with E-state index in [1.54, 1.807) is 12.1 Å². The molecule has 0 fully saturated rings. The van der Waals surface area contributed by atoms with Crippen LogP contribution in [0.25, 0.3) is 0 Å². The molecule has 1 aromatic rings. The second kappa shape index (κ2) is 27.9. The summed E-state index contributed by atoms with van der Waals surface area (Å²) in [7, 11) is -3.29. The second-order valence-corrected chi connectivity index (χ2v) is 13.8. The van der Waals surface area contributed by atoms with Gasteiger partial charge in [-0.2, -0.15) is 0 Å². The average molecular weight is 599 g/mol. The van der Waals surface area contributed by atoms with Gasteiger partial charge in [-0.15, -0.1) is 0 Å². The Kier molecular flexibility index (Phi) is 25.3. The number of aliphatic hydroxyl groups is 1. The lowest BCUT2D eigenvalue weighted by Crippen LogP contribution is -2.21. The fourth-order valence-electron chi connectivity index (χ4n) is 5.17. The Balaban J connectivity index is 2.28. The van der Waals surface area contributed by atoms with Gasteiger partial charge in [0.25, 0.3) is 0 Å². The largest absolute Gasteiger partial charge is 0.396 e. The van der Waals surface area contributed by atoms with Gasteiger partial charge < -0.3 is 5.11 Å². The van der Waals surface area contributed by atoms with E-state index in [0.29, 0.717) is 11.5 Å². The zero-order valence-corrected chi connectivity index (χ0v) is 27.6. The molecule has 0 aliphatic rings. The highest BCUT2D eigenvalue weighted by Gasteiger charge is 2.26. The molecule has 0 bridgehead atoms. The van der Waals surface area contributed by atoms with Crippen LogP contribution < -0.4 is 0 Å². The van der Waals surface area contributed by atoms with E-state index in [4.69, 9.17) is 5.11 Å². The SMILES string of the molecule is CCCCCC=CCC=CCC=CCC=CCCCCC(CCCCCCCCCCCO)S(=O)(=O)c1ccccc1. The maximum absolute atomic E-state index is 13.4. The summed E-state index contributed by atoms with van der Waals surface area (Å²) in [4.78, 5) is 0.471. The number of sulfone groups is 1. The standard InChI is InChI=1S/C38H62O3S/c1-2-3-4-5-6-7-8-9-10-11-12-13-14-15-17-20-23-27-32-37(42(40,41)38-34-29-26-30-35-38)33-28-24-21-18-16-19-22-25-31-36-39/h6-7,9-10,12-13,15,17,26,29-30,34-35,37,39H,2-5,8,11,14,16,18-25,27-28,31-33,36H2,1H3. The second-order valence-electron chi connectivity index (χ2n) is 11.5. The minimum Gasteiger partial charge on any atom is -0.396 e. The zero-order valence-electron chi connectivity index (χ0n) is 26.8. The van der Waals surface area contributed by atoms with Gasteiger partial charge in [-0.3, -0.25) is 0 Å². The van der Waals surface area contributed by atoms with E-state index in [0.717, 1.165) is 77.0 Å². The third kappa shape index (κ3) is 20.9. The molecule has 0 amide bonds. The summed E-state index contributed by atoms with van der Waals surface area (Å²) < 4.78 is 26.8. The molecule has 0 aliphatic heterocycles. The van der Waals surface area contributed by atoms with Crippen molar-refractivity contribution in [2.75, 3.05) is 6.61 Å². The monoisotopic (exact) mass is 598 g/mol. The van der Waals surface area contributed by atoms with Crippen molar-refractivity contribution in [3.63, 3.8) is 0 Å². The van der Waals surface area contributed by atoms with E-state index < -0.39 is 9.84 Å². The molecule has 0 spiro atoms. The highest BCUT2D eigenvalue weighted by molar-refractivity contribution is 7.92. The number of benzene rings is 1. The van der Waals surface area contributed by atoms with Crippen molar-refractivity contribution in [3.05, 3.63) is 78.9 Å². The van der Waals surface area contributed by atoms with Crippen LogP contribution in [0.1, 0.15) is 142 Å². The van der Waals surface area contributed by atoms with Gasteiger partial charge in [0.05, 0.1) is 10.1 Å². The van der Waals surface area contributed by atoms with Crippen LogP contribution in [0.5, 0.6) is 0 Å². The smallest absolute Gasteiger partial charge is 0.181 e. The molecule has 42 heavy (non-hydrogen) atoms. The predicted molar refractivity (Wildman–Crippen MR) is 184 cm³/mol. The van der Waals surface area contributed by atoms with Gasteiger partial charge in [-0.25, -0.2) is 8.42 Å². The lowest BCUT2D eigenvalue weighted by atomic mass is 10.0. The van der Waals surface area contributed by atoms with Gasteiger partial charge in [-0.1, -0.05) is 144 Å². The molecule has 0 heterocycles. The lowest BCUT2D eigenvalue weighted by molar-refractivity contribution is 0.282. The summed E-state index contributed by atoms with van der Waals surface area (Å²) in [5.41, 5.74) is 0. The first-order chi connectivity index (χ1) is 20.6. The minimum absolute atomic E-state index is 0.283. The third-order valence-corrected chi connectivity index (χ3v) is 10.1. The summed E-state index contributed by atoms with van der Waals surface area (Å²) in [5.74, 6) is 0. The minimum atomic E-state index is -3.29. The number of hydrogen-bond acceptors (Lipinski definition) is 3. The summed E-state index contributed by atoms with van der Waals surface area (Å²) in [6.07, 6.45) is 40.8. The van der Waals surface area contributed by atoms with Crippen LogP contribution in [0.3, 0.4) is 0 Å². The van der Waals surface area contributed by atoms with Gasteiger partial charge in [-0.05, 0) is 76.3 Å². The quantitative estimate of drug-likeness (QED) is 0.0771. The molecule has 1 unspecified atom stereocenters. The van der Waals surface area contributed by atoms with Crippen molar-refractivity contribution >= 4 is 9.84 Å². The third-order valence-electron chi connectivity index (χ3n) is 7.80. The fraction of sp³-hybridized carbons (Fsp3) is 0.632. The Morgan fingerprint density at radius 3 is 1.50 bits per heavy atom. The van der Waals surface area contributed by atoms with Crippen LogP contribution in [0.2, 0.25) is 0 Å². The van der Waals surface area contributed by atoms with Crippen molar-refractivity contribution < 1.29 is 13.5 Å². The van der Waals surface area contributed by atoms with Crippen LogP contribution in [-0.2, 0) is 9.84 Å². The first kappa shape index (κ1) is 38.1. The molecule has 1 rings (SSSR count). The van der Waals surface area contributed by atoms with E-state index in [1.807, 2.05) is 18.2 Å². The van der Waals surface area contributed by atoms with Crippen LogP contribution in [0.15, 0.2) is 83.8 Å². The molecule has 0 saturated carbocycles. The molecule has 0 saturated heterocycles. The van der Waals surface area contributed by atoms with Crippen LogP contribution in [0, 0.1) is 0 Å². The van der Waals surface area contributed by atoms with Gasteiger partial charge in [0.15, 0.2) is 9.84 Å². The molecule has 4 heteroatoms. The van der Waals surface area contributed by atoms with Crippen molar-refractivity contribution in [1.29, 1.82) is 0 Å². The van der Waals surface area contributed by atoms with Gasteiger partial charge in [0, 0.05) is 6.61 Å². The van der Waals surface area contributed by atoms with E-state index >= 15 is 0 Å². The topological polar surface area (TPSA) is 54.4 Å². The van der Waals surface area contributed by atoms with Crippen LogP contribution in [-0.4, -0.2) is 25.4 Å². The number of hydrogen-bond donors (Lipinski definition) is 1. The van der Waals surface area contributed by atoms with Crippen molar-refractivity contribution in [2.24, 2.45) is 0 Å². The fourth-order valence-corrected chi connectivity index (χ4v) is 7.05. The molecule has 238 valence electrons. The molecule has 1 aromatic carbocycles. The Bertz CT molecular complexity index is 944. The predicted octanol–water partition coefficient (Wildman–Crippen LogP) is 11.3. The Morgan fingerprint density at radius 1 is 0.571 bits per heavy atom. The summed E-state index contributed by atoms with van der Waals surface area (Å²) >= 11 is 0. The normalized spacial score (nSPS) is 13.4. The summed E-state index contributed by atoms with van der Waals surface area (Å²) in [6.45, 7) is 2.55. The van der Waals surface area contributed by atoms with Crippen LogP contribution >= 0.6 is 0 Å². The number of rotatable bonds is 28. The first-order valence-electron chi connectivity index (χ1n) is 17.1. The maximum atomic E-state index is 13.4. The van der Waals surface area contributed by atoms with Gasteiger partial charge in [0.2, 0.25) is 0 Å². The number of unbranched alkanes of at least 4 members (excludes halogenated alkanes) is 13. The molecular formula is C38H62O3S. The molecular weight excluding hydrogens is 536 g/mol. The van der Waals surface area contributed by atoms with Gasteiger partial charge in [0.1, 0.15) is 0 Å².